The van der Waals surface area contributed by atoms with Gasteiger partial charge in [-0.25, -0.2) is 0 Å². The van der Waals surface area contributed by atoms with Crippen molar-refractivity contribution in [1.29, 1.82) is 0 Å². The van der Waals surface area contributed by atoms with Crippen LogP contribution >= 0.6 is 0 Å². The molecule has 1 aliphatic rings. The third-order valence-electron chi connectivity index (χ3n) is 3.26. The van der Waals surface area contributed by atoms with Crippen LogP contribution in [0.15, 0.2) is 4.52 Å². The number of carbonyl (C=O) groups excluding carboxylic acids is 1. The first kappa shape index (κ1) is 13.0. The second-order valence-electron chi connectivity index (χ2n) is 5.06. The Hall–Kier alpha value is -1.43. The normalized spacial score (nSPS) is 20.7. The molecule has 1 amide bonds. The Morgan fingerprint density at radius 2 is 2.39 bits per heavy atom. The van der Waals surface area contributed by atoms with Crippen molar-refractivity contribution in [3.05, 3.63) is 11.7 Å². The van der Waals surface area contributed by atoms with E-state index < -0.39 is 0 Å². The number of carbonyl (C=O) groups is 1. The molecule has 1 atom stereocenters. The zero-order chi connectivity index (χ0) is 13.1. The predicted octanol–water partition coefficient (Wildman–Crippen LogP) is 1.21. The van der Waals surface area contributed by atoms with E-state index in [0.717, 1.165) is 25.2 Å². The maximum Gasteiger partial charge on any atom is 0.229 e. The minimum Gasteiger partial charge on any atom is -0.370 e. The third kappa shape index (κ3) is 2.87. The Bertz CT molecular complexity index is 416. The maximum absolute atomic E-state index is 10.8. The van der Waals surface area contributed by atoms with Crippen LogP contribution < -0.4 is 5.73 Å². The van der Waals surface area contributed by atoms with Gasteiger partial charge in [0.05, 0.1) is 6.04 Å². The van der Waals surface area contributed by atoms with E-state index in [-0.39, 0.29) is 17.9 Å². The molecule has 0 aromatic carbocycles. The number of hydrogen-bond acceptors (Lipinski definition) is 5. The Balaban J connectivity index is 2.03. The fraction of sp³-hybridized carbons (Fsp3) is 0.750. The van der Waals surface area contributed by atoms with Crippen molar-refractivity contribution in [3.63, 3.8) is 0 Å². The summed E-state index contributed by atoms with van der Waals surface area (Å²) in [4.78, 5) is 17.5. The number of primary amides is 1. The molecule has 0 unspecified atom stereocenters. The zero-order valence-corrected chi connectivity index (χ0v) is 10.9. The van der Waals surface area contributed by atoms with Crippen molar-refractivity contribution in [3.8, 4) is 0 Å². The van der Waals surface area contributed by atoms with Crippen LogP contribution in [0.5, 0.6) is 0 Å². The zero-order valence-electron chi connectivity index (χ0n) is 10.9. The van der Waals surface area contributed by atoms with Gasteiger partial charge in [0.1, 0.15) is 0 Å². The van der Waals surface area contributed by atoms with Gasteiger partial charge in [0.2, 0.25) is 11.8 Å². The average Bonchev–Trinajstić information content (AvgIpc) is 2.94. The van der Waals surface area contributed by atoms with Gasteiger partial charge < -0.3 is 10.3 Å². The van der Waals surface area contributed by atoms with Crippen LogP contribution in [0.1, 0.15) is 56.8 Å². The van der Waals surface area contributed by atoms with Gasteiger partial charge in [-0.15, -0.1) is 0 Å². The van der Waals surface area contributed by atoms with Crippen LogP contribution in [0.3, 0.4) is 0 Å². The summed E-state index contributed by atoms with van der Waals surface area (Å²) in [5.41, 5.74) is 5.18. The van der Waals surface area contributed by atoms with Crippen LogP contribution in [0, 0.1) is 0 Å². The molecule has 2 rings (SSSR count). The van der Waals surface area contributed by atoms with Crippen molar-refractivity contribution in [1.82, 2.24) is 15.0 Å². The highest BCUT2D eigenvalue weighted by Gasteiger charge is 2.30. The van der Waals surface area contributed by atoms with Gasteiger partial charge in [0.15, 0.2) is 5.82 Å². The molecule has 0 saturated carbocycles. The molecule has 1 aromatic heterocycles. The topological polar surface area (TPSA) is 85.3 Å². The van der Waals surface area contributed by atoms with E-state index in [1.807, 2.05) is 13.8 Å². The van der Waals surface area contributed by atoms with E-state index in [4.69, 9.17) is 10.3 Å². The second-order valence-corrected chi connectivity index (χ2v) is 5.06. The Kier molecular flexibility index (Phi) is 3.96. The minimum absolute atomic E-state index is 0.167. The van der Waals surface area contributed by atoms with E-state index in [1.165, 1.54) is 0 Å². The minimum atomic E-state index is -0.267. The lowest BCUT2D eigenvalue weighted by atomic mass is 10.2. The number of aromatic nitrogens is 2. The van der Waals surface area contributed by atoms with Gasteiger partial charge in [-0.05, 0) is 19.4 Å². The molecule has 0 radical (unpaired) electrons. The largest absolute Gasteiger partial charge is 0.370 e. The molecular formula is C12H20N4O2. The molecular weight excluding hydrogens is 232 g/mol. The van der Waals surface area contributed by atoms with Crippen molar-refractivity contribution < 1.29 is 9.32 Å². The first-order valence-corrected chi connectivity index (χ1v) is 6.43. The van der Waals surface area contributed by atoms with E-state index in [1.54, 1.807) is 0 Å². The second kappa shape index (κ2) is 5.48. The first-order valence-electron chi connectivity index (χ1n) is 6.43. The molecule has 1 aliphatic heterocycles. The van der Waals surface area contributed by atoms with Gasteiger partial charge in [0.25, 0.3) is 0 Å². The number of hydrogen-bond donors (Lipinski definition) is 1. The molecule has 1 fully saturated rings. The summed E-state index contributed by atoms with van der Waals surface area (Å²) in [6, 6.07) is 0.167. The quantitative estimate of drug-likeness (QED) is 0.851. The van der Waals surface area contributed by atoms with Gasteiger partial charge in [-0.2, -0.15) is 4.98 Å². The lowest BCUT2D eigenvalue weighted by molar-refractivity contribution is -0.118. The van der Waals surface area contributed by atoms with Crippen LogP contribution in [0.25, 0.3) is 0 Å². The molecule has 0 aliphatic carbocycles. The third-order valence-corrected chi connectivity index (χ3v) is 3.26. The highest BCUT2D eigenvalue weighted by molar-refractivity contribution is 5.73. The molecule has 2 N–H and O–H groups in total. The van der Waals surface area contributed by atoms with E-state index in [9.17, 15) is 4.79 Å². The molecule has 1 aromatic rings. The summed E-state index contributed by atoms with van der Waals surface area (Å²) in [5.74, 6) is 1.38. The first-order chi connectivity index (χ1) is 8.58. The molecule has 18 heavy (non-hydrogen) atoms. The average molecular weight is 252 g/mol. The fourth-order valence-electron chi connectivity index (χ4n) is 2.26. The molecule has 100 valence electrons. The number of amides is 1. The van der Waals surface area contributed by atoms with Gasteiger partial charge in [0, 0.05) is 18.9 Å². The molecule has 2 heterocycles. The number of likely N-dealkylation sites (tertiary alicyclic amines) is 1. The SMILES string of the molecule is CC(C)c1nc([C@@H]2CCCN2CCC(N)=O)no1. The summed E-state index contributed by atoms with van der Waals surface area (Å²) in [6.07, 6.45) is 2.48. The van der Waals surface area contributed by atoms with Gasteiger partial charge in [-0.3, -0.25) is 9.69 Å². The van der Waals surface area contributed by atoms with Gasteiger partial charge >= 0.3 is 0 Å². The standard InChI is InChI=1S/C12H20N4O2/c1-8(2)12-14-11(15-18-12)9-4-3-6-16(9)7-5-10(13)17/h8-9H,3-7H2,1-2H3,(H2,13,17)/t9-/m0/s1. The van der Waals surface area contributed by atoms with Crippen molar-refractivity contribution in [2.75, 3.05) is 13.1 Å². The Morgan fingerprint density at radius 3 is 3.00 bits per heavy atom. The predicted molar refractivity (Wildman–Crippen MR) is 65.7 cm³/mol. The molecule has 6 heteroatoms. The summed E-state index contributed by atoms with van der Waals surface area (Å²) < 4.78 is 5.23. The van der Waals surface area contributed by atoms with Gasteiger partial charge in [-0.1, -0.05) is 19.0 Å². The highest BCUT2D eigenvalue weighted by atomic mass is 16.5. The highest BCUT2D eigenvalue weighted by Crippen LogP contribution is 2.30. The maximum atomic E-state index is 10.8. The summed E-state index contributed by atoms with van der Waals surface area (Å²) in [7, 11) is 0. The lowest BCUT2D eigenvalue weighted by Crippen LogP contribution is -2.28. The number of nitrogens with zero attached hydrogens (tertiary/aromatic N) is 3. The van der Waals surface area contributed by atoms with Crippen molar-refractivity contribution in [2.45, 2.75) is 45.1 Å². The smallest absolute Gasteiger partial charge is 0.229 e. The Labute approximate surface area is 107 Å². The monoisotopic (exact) mass is 252 g/mol. The van der Waals surface area contributed by atoms with Crippen LogP contribution in [-0.2, 0) is 4.79 Å². The summed E-state index contributed by atoms with van der Waals surface area (Å²) in [6.45, 7) is 5.68. The van der Waals surface area contributed by atoms with Crippen LogP contribution in [0.2, 0.25) is 0 Å². The van der Waals surface area contributed by atoms with Crippen molar-refractivity contribution in [2.24, 2.45) is 5.73 Å². The summed E-state index contributed by atoms with van der Waals surface area (Å²) in [5, 5.41) is 4.05. The van der Waals surface area contributed by atoms with Crippen LogP contribution in [0.4, 0.5) is 0 Å². The summed E-state index contributed by atoms with van der Waals surface area (Å²) >= 11 is 0. The molecule has 1 saturated heterocycles. The number of rotatable bonds is 5. The lowest BCUT2D eigenvalue weighted by Gasteiger charge is -2.20. The Morgan fingerprint density at radius 1 is 1.61 bits per heavy atom. The number of nitrogens with two attached hydrogens (primary N) is 1. The van der Waals surface area contributed by atoms with Crippen molar-refractivity contribution >= 4 is 5.91 Å². The van der Waals surface area contributed by atoms with Crippen LogP contribution in [-0.4, -0.2) is 34.0 Å². The fourth-order valence-corrected chi connectivity index (χ4v) is 2.26. The van der Waals surface area contributed by atoms with E-state index in [2.05, 4.69) is 15.0 Å². The molecule has 6 nitrogen and oxygen atoms in total. The van der Waals surface area contributed by atoms with E-state index in [0.29, 0.717) is 18.9 Å². The molecule has 0 spiro atoms. The molecule has 0 bridgehead atoms. The van der Waals surface area contributed by atoms with E-state index >= 15 is 0 Å².